The molecule has 0 saturated carbocycles. The van der Waals surface area contributed by atoms with Crippen molar-refractivity contribution in [3.63, 3.8) is 0 Å². The summed E-state index contributed by atoms with van der Waals surface area (Å²) in [5, 5.41) is 0. The Hall–Kier alpha value is -3.22. The van der Waals surface area contributed by atoms with Crippen LogP contribution in [0.2, 0.25) is 0 Å². The van der Waals surface area contributed by atoms with Crippen LogP contribution in [0.1, 0.15) is 51.7 Å². The number of oxazole rings is 1. The zero-order valence-corrected chi connectivity index (χ0v) is 18.0. The van der Waals surface area contributed by atoms with Gasteiger partial charge in [0.15, 0.2) is 5.76 Å². The van der Waals surface area contributed by atoms with Crippen molar-refractivity contribution >= 4 is 17.2 Å². The van der Waals surface area contributed by atoms with Crippen LogP contribution in [0.5, 0.6) is 0 Å². The van der Waals surface area contributed by atoms with Gasteiger partial charge in [-0.3, -0.25) is 4.98 Å². The van der Waals surface area contributed by atoms with Gasteiger partial charge in [0.05, 0.1) is 5.69 Å². The Morgan fingerprint density at radius 1 is 1.16 bits per heavy atom. The zero-order chi connectivity index (χ0) is 22.0. The van der Waals surface area contributed by atoms with Crippen molar-refractivity contribution in [3.05, 3.63) is 60.1 Å². The summed E-state index contributed by atoms with van der Waals surface area (Å²) in [6, 6.07) is 5.63. The summed E-state index contributed by atoms with van der Waals surface area (Å²) >= 11 is 0. The van der Waals surface area contributed by atoms with Gasteiger partial charge in [-0.2, -0.15) is 0 Å². The number of hydrogen-bond acceptors (Lipinski definition) is 5. The minimum atomic E-state index is -0.533. The van der Waals surface area contributed by atoms with Crippen molar-refractivity contribution < 1.29 is 18.3 Å². The second-order valence-electron chi connectivity index (χ2n) is 8.62. The lowest BCUT2D eigenvalue weighted by Crippen LogP contribution is -2.39. The Labute approximate surface area is 181 Å². The van der Waals surface area contributed by atoms with Crippen LogP contribution >= 0.6 is 0 Å². The highest BCUT2D eigenvalue weighted by atomic mass is 19.1. The van der Waals surface area contributed by atoms with Gasteiger partial charge in [0.2, 0.25) is 5.89 Å². The van der Waals surface area contributed by atoms with Crippen molar-refractivity contribution in [1.29, 1.82) is 0 Å². The lowest BCUT2D eigenvalue weighted by molar-refractivity contribution is 0.0270. The van der Waals surface area contributed by atoms with E-state index in [4.69, 9.17) is 14.1 Å². The van der Waals surface area contributed by atoms with E-state index >= 15 is 0 Å². The number of allylic oxidation sites excluding steroid dienone is 4. The molecule has 0 fully saturated rings. The van der Waals surface area contributed by atoms with Crippen molar-refractivity contribution in [1.82, 2.24) is 14.9 Å². The Morgan fingerprint density at radius 2 is 2.00 bits per heavy atom. The van der Waals surface area contributed by atoms with E-state index in [9.17, 15) is 9.18 Å². The Kier molecular flexibility index (Phi) is 5.76. The minimum absolute atomic E-state index is 0.141. The Balaban J connectivity index is 1.64. The second kappa shape index (κ2) is 8.49. The third-order valence-corrected chi connectivity index (χ3v) is 5.06. The van der Waals surface area contributed by atoms with Gasteiger partial charge in [-0.1, -0.05) is 18.2 Å². The molecule has 0 atom stereocenters. The van der Waals surface area contributed by atoms with Gasteiger partial charge in [0, 0.05) is 31.3 Å². The molecule has 0 bridgehead atoms. The van der Waals surface area contributed by atoms with E-state index in [-0.39, 0.29) is 11.9 Å². The SMILES string of the molecule is CC(C)(C)OC(=O)N1CC=C(c2oc(C3=CC=C(F)CC3)nc2-c2ccccn2)CC1. The Morgan fingerprint density at radius 3 is 2.61 bits per heavy atom. The molecule has 162 valence electrons. The Bertz CT molecular complexity index is 1060. The number of halogens is 1. The van der Waals surface area contributed by atoms with Gasteiger partial charge >= 0.3 is 6.09 Å². The third kappa shape index (κ3) is 4.93. The molecule has 0 spiro atoms. The van der Waals surface area contributed by atoms with Gasteiger partial charge in [-0.05, 0) is 57.4 Å². The summed E-state index contributed by atoms with van der Waals surface area (Å²) in [4.78, 5) is 23.2. The van der Waals surface area contributed by atoms with E-state index in [1.54, 1.807) is 17.2 Å². The van der Waals surface area contributed by atoms with E-state index in [2.05, 4.69) is 4.98 Å². The molecule has 0 N–H and O–H groups in total. The summed E-state index contributed by atoms with van der Waals surface area (Å²) < 4.78 is 25.1. The number of aromatic nitrogens is 2. The maximum atomic E-state index is 13.4. The summed E-state index contributed by atoms with van der Waals surface area (Å²) in [5.74, 6) is 0.987. The fourth-order valence-corrected chi connectivity index (χ4v) is 3.51. The van der Waals surface area contributed by atoms with Crippen LogP contribution in [0, 0.1) is 0 Å². The molecule has 0 aromatic carbocycles. The number of carbonyl (C=O) groups is 1. The van der Waals surface area contributed by atoms with Crippen LogP contribution < -0.4 is 0 Å². The van der Waals surface area contributed by atoms with E-state index in [1.165, 1.54) is 6.08 Å². The molecule has 3 heterocycles. The molecule has 31 heavy (non-hydrogen) atoms. The van der Waals surface area contributed by atoms with Crippen LogP contribution in [0.3, 0.4) is 0 Å². The van der Waals surface area contributed by atoms with E-state index in [0.29, 0.717) is 55.4 Å². The molecule has 0 saturated heterocycles. The van der Waals surface area contributed by atoms with Gasteiger partial charge in [0.1, 0.15) is 17.1 Å². The molecule has 6 nitrogen and oxygen atoms in total. The number of carbonyl (C=O) groups excluding carboxylic acids is 1. The molecule has 0 radical (unpaired) electrons. The highest BCUT2D eigenvalue weighted by molar-refractivity contribution is 5.78. The molecular weight excluding hydrogens is 397 g/mol. The normalized spacial score (nSPS) is 17.0. The van der Waals surface area contributed by atoms with Gasteiger partial charge in [-0.15, -0.1) is 0 Å². The quantitative estimate of drug-likeness (QED) is 0.625. The number of rotatable bonds is 3. The maximum absolute atomic E-state index is 13.4. The number of hydrogen-bond donors (Lipinski definition) is 0. The number of amides is 1. The first-order valence-electron chi connectivity index (χ1n) is 10.5. The first kappa shape index (κ1) is 21.0. The molecule has 1 aliphatic heterocycles. The topological polar surface area (TPSA) is 68.5 Å². The first-order valence-corrected chi connectivity index (χ1v) is 10.5. The van der Waals surface area contributed by atoms with Gasteiger partial charge < -0.3 is 14.1 Å². The summed E-state index contributed by atoms with van der Waals surface area (Å²) in [7, 11) is 0. The van der Waals surface area contributed by atoms with Crippen molar-refractivity contribution in [2.24, 2.45) is 0 Å². The highest BCUT2D eigenvalue weighted by Gasteiger charge is 2.27. The third-order valence-electron chi connectivity index (χ3n) is 5.06. The lowest BCUT2D eigenvalue weighted by atomic mass is 10.0. The highest BCUT2D eigenvalue weighted by Crippen LogP contribution is 2.36. The minimum Gasteiger partial charge on any atom is -0.444 e. The standard InChI is InChI=1S/C24H26FN3O3/c1-24(2,3)31-23(29)28-14-11-16(12-15-28)21-20(19-6-4-5-13-26-19)27-22(30-21)17-7-9-18(25)10-8-17/h4-7,9,11,13H,8,10,12,14-15H2,1-3H3. The van der Waals surface area contributed by atoms with Crippen molar-refractivity contribution in [3.8, 4) is 11.4 Å². The van der Waals surface area contributed by atoms with Gasteiger partial charge in [0.25, 0.3) is 0 Å². The van der Waals surface area contributed by atoms with Crippen LogP contribution in [0.4, 0.5) is 9.18 Å². The summed E-state index contributed by atoms with van der Waals surface area (Å²) in [5.41, 5.74) is 2.66. The summed E-state index contributed by atoms with van der Waals surface area (Å²) in [6.07, 6.45) is 8.03. The number of ether oxygens (including phenoxy) is 1. The monoisotopic (exact) mass is 423 g/mol. The van der Waals surface area contributed by atoms with E-state index in [1.807, 2.05) is 45.0 Å². The van der Waals surface area contributed by atoms with Crippen molar-refractivity contribution in [2.75, 3.05) is 13.1 Å². The molecule has 4 rings (SSSR count). The smallest absolute Gasteiger partial charge is 0.410 e. The summed E-state index contributed by atoms with van der Waals surface area (Å²) in [6.45, 7) is 6.51. The molecule has 0 unspecified atom stereocenters. The fraction of sp³-hybridized carbons (Fsp3) is 0.375. The molecule has 2 aromatic heterocycles. The van der Waals surface area contributed by atoms with Crippen molar-refractivity contribution in [2.45, 2.75) is 45.6 Å². The number of nitrogens with zero attached hydrogens (tertiary/aromatic N) is 3. The zero-order valence-electron chi connectivity index (χ0n) is 18.0. The lowest BCUT2D eigenvalue weighted by Gasteiger charge is -2.29. The molecule has 1 amide bonds. The predicted molar refractivity (Wildman–Crippen MR) is 117 cm³/mol. The van der Waals surface area contributed by atoms with E-state index in [0.717, 1.165) is 11.1 Å². The molecule has 1 aliphatic carbocycles. The molecule has 2 aliphatic rings. The van der Waals surface area contributed by atoms with Crippen LogP contribution in [-0.4, -0.2) is 39.7 Å². The number of pyridine rings is 1. The van der Waals surface area contributed by atoms with Gasteiger partial charge in [-0.25, -0.2) is 14.2 Å². The fourth-order valence-electron chi connectivity index (χ4n) is 3.51. The maximum Gasteiger partial charge on any atom is 0.410 e. The van der Waals surface area contributed by atoms with Crippen LogP contribution in [0.15, 0.2) is 52.9 Å². The van der Waals surface area contributed by atoms with Crippen LogP contribution in [0.25, 0.3) is 22.5 Å². The molecule has 2 aromatic rings. The van der Waals surface area contributed by atoms with Crippen LogP contribution in [-0.2, 0) is 4.74 Å². The van der Waals surface area contributed by atoms with E-state index < -0.39 is 5.60 Å². The molecule has 7 heteroatoms. The first-order chi connectivity index (χ1) is 14.8. The molecular formula is C24H26FN3O3. The average Bonchev–Trinajstić information content (AvgIpc) is 3.19. The predicted octanol–water partition coefficient (Wildman–Crippen LogP) is 5.79. The second-order valence-corrected chi connectivity index (χ2v) is 8.62. The average molecular weight is 423 g/mol. The largest absolute Gasteiger partial charge is 0.444 e.